The molecule has 35 heavy (non-hydrogen) atoms. The predicted molar refractivity (Wildman–Crippen MR) is 146 cm³/mol. The number of aromatic amines is 1. The van der Waals surface area contributed by atoms with E-state index in [0.29, 0.717) is 12.8 Å². The second kappa shape index (κ2) is 17.0. The minimum atomic E-state index is -0.962. The maximum Gasteiger partial charge on any atom is 0.326 e. The highest BCUT2D eigenvalue weighted by Gasteiger charge is 2.27. The summed E-state index contributed by atoms with van der Waals surface area (Å²) in [5.74, 6) is -1.05. The molecule has 1 amide bonds. The molecule has 5 nitrogen and oxygen atoms in total. The van der Waals surface area contributed by atoms with Gasteiger partial charge in [0.25, 0.3) is 0 Å². The fourth-order valence-electron chi connectivity index (χ4n) is 4.60. The lowest BCUT2D eigenvalue weighted by Crippen LogP contribution is -2.43. The molecule has 2 aromatic rings. The van der Waals surface area contributed by atoms with Gasteiger partial charge < -0.3 is 15.0 Å². The van der Waals surface area contributed by atoms with Crippen LogP contribution in [0.1, 0.15) is 102 Å². The summed E-state index contributed by atoms with van der Waals surface area (Å²) in [5.41, 5.74) is 1.91. The standard InChI is InChI=1S/C30H46N2O3/c1-3-4-5-6-7-8-9-10-11-12-13-14-15-16-17-22-29(33)32(2)28(30(34)35)23-25-24-31-27-21-19-18-20-26(25)27/h10-11,18-21,24,28,31H,3-9,12-17,22-23H2,1-2H3,(H,34,35)/b11-10-/t28-/m0/s1. The number of carbonyl (C=O) groups is 2. The summed E-state index contributed by atoms with van der Waals surface area (Å²) in [7, 11) is 1.62. The number of carboxylic acid groups (broad SMARTS) is 1. The number of allylic oxidation sites excluding steroid dienone is 2. The second-order valence-corrected chi connectivity index (χ2v) is 9.76. The number of fused-ring (bicyclic) bond motifs is 1. The van der Waals surface area contributed by atoms with Crippen molar-refractivity contribution < 1.29 is 14.7 Å². The number of rotatable bonds is 19. The number of carboxylic acids is 1. The Morgan fingerprint density at radius 2 is 1.51 bits per heavy atom. The van der Waals surface area contributed by atoms with E-state index in [1.807, 2.05) is 30.5 Å². The Hall–Kier alpha value is -2.56. The van der Waals surface area contributed by atoms with Crippen LogP contribution in [0.2, 0.25) is 0 Å². The zero-order valence-corrected chi connectivity index (χ0v) is 21.9. The molecule has 194 valence electrons. The molecule has 0 fully saturated rings. The number of nitrogens with one attached hydrogen (secondary N) is 1. The van der Waals surface area contributed by atoms with E-state index in [0.717, 1.165) is 42.1 Å². The highest BCUT2D eigenvalue weighted by Crippen LogP contribution is 2.21. The lowest BCUT2D eigenvalue weighted by atomic mass is 10.0. The Bertz CT molecular complexity index is 902. The number of hydrogen-bond acceptors (Lipinski definition) is 2. The largest absolute Gasteiger partial charge is 0.480 e. The van der Waals surface area contributed by atoms with Gasteiger partial charge in [-0.15, -0.1) is 0 Å². The molecule has 1 atom stereocenters. The molecule has 2 rings (SSSR count). The number of unbranched alkanes of at least 4 members (excludes halogenated alkanes) is 11. The fraction of sp³-hybridized carbons (Fsp3) is 0.600. The summed E-state index contributed by atoms with van der Waals surface area (Å²) in [4.78, 5) is 29.2. The van der Waals surface area contributed by atoms with E-state index in [4.69, 9.17) is 0 Å². The van der Waals surface area contributed by atoms with E-state index < -0.39 is 12.0 Å². The predicted octanol–water partition coefficient (Wildman–Crippen LogP) is 7.66. The quantitative estimate of drug-likeness (QED) is 0.159. The maximum atomic E-state index is 12.7. The van der Waals surface area contributed by atoms with Crippen molar-refractivity contribution in [3.8, 4) is 0 Å². The molecule has 0 saturated carbocycles. The molecule has 0 bridgehead atoms. The average Bonchev–Trinajstić information content (AvgIpc) is 3.27. The molecule has 5 heteroatoms. The Morgan fingerprint density at radius 1 is 0.914 bits per heavy atom. The molecule has 0 saturated heterocycles. The van der Waals surface area contributed by atoms with Crippen molar-refractivity contribution in [2.45, 2.75) is 109 Å². The number of aliphatic carboxylic acids is 1. The summed E-state index contributed by atoms with van der Waals surface area (Å²) in [6.07, 6.45) is 23.0. The number of likely N-dealkylation sites (N-methyl/N-ethyl adjacent to an activating group) is 1. The monoisotopic (exact) mass is 482 g/mol. The zero-order chi connectivity index (χ0) is 25.3. The third-order valence-corrected chi connectivity index (χ3v) is 6.89. The summed E-state index contributed by atoms with van der Waals surface area (Å²) in [6.45, 7) is 2.26. The van der Waals surface area contributed by atoms with E-state index >= 15 is 0 Å². The van der Waals surface area contributed by atoms with Gasteiger partial charge in [0, 0.05) is 37.0 Å². The van der Waals surface area contributed by atoms with Gasteiger partial charge in [0.1, 0.15) is 6.04 Å². The van der Waals surface area contributed by atoms with Crippen molar-refractivity contribution in [3.05, 3.63) is 48.2 Å². The molecule has 0 aliphatic carbocycles. The minimum absolute atomic E-state index is 0.0881. The molecule has 0 aliphatic rings. The Labute approximate surface area is 212 Å². The number of nitrogens with zero attached hydrogens (tertiary/aromatic N) is 1. The van der Waals surface area contributed by atoms with Crippen LogP contribution in [0.3, 0.4) is 0 Å². The van der Waals surface area contributed by atoms with Gasteiger partial charge in [-0.3, -0.25) is 4.79 Å². The first-order valence-corrected chi connectivity index (χ1v) is 13.7. The molecule has 0 radical (unpaired) electrons. The number of benzene rings is 1. The van der Waals surface area contributed by atoms with Gasteiger partial charge in [-0.25, -0.2) is 4.79 Å². The van der Waals surface area contributed by atoms with Crippen molar-refractivity contribution in [2.75, 3.05) is 7.05 Å². The first-order valence-electron chi connectivity index (χ1n) is 13.7. The topological polar surface area (TPSA) is 73.4 Å². The highest BCUT2D eigenvalue weighted by molar-refractivity contribution is 5.86. The van der Waals surface area contributed by atoms with Gasteiger partial charge in [-0.05, 0) is 43.7 Å². The summed E-state index contributed by atoms with van der Waals surface area (Å²) in [6, 6.07) is 6.98. The van der Waals surface area contributed by atoms with Crippen LogP contribution in [0.4, 0.5) is 0 Å². The summed E-state index contributed by atoms with van der Waals surface area (Å²) < 4.78 is 0. The normalized spacial score (nSPS) is 12.4. The Balaban J connectivity index is 1.58. The molecule has 0 spiro atoms. The number of hydrogen-bond donors (Lipinski definition) is 2. The van der Waals surface area contributed by atoms with Crippen LogP contribution in [-0.2, 0) is 16.0 Å². The highest BCUT2D eigenvalue weighted by atomic mass is 16.4. The molecular weight excluding hydrogens is 436 g/mol. The van der Waals surface area contributed by atoms with E-state index in [9.17, 15) is 14.7 Å². The van der Waals surface area contributed by atoms with Crippen molar-refractivity contribution in [1.82, 2.24) is 9.88 Å². The molecule has 0 aliphatic heterocycles. The maximum absolute atomic E-state index is 12.7. The minimum Gasteiger partial charge on any atom is -0.480 e. The van der Waals surface area contributed by atoms with Crippen LogP contribution < -0.4 is 0 Å². The Kier molecular flexibility index (Phi) is 13.9. The van der Waals surface area contributed by atoms with E-state index in [-0.39, 0.29) is 5.91 Å². The molecular formula is C30H46N2O3. The van der Waals surface area contributed by atoms with E-state index in [2.05, 4.69) is 24.1 Å². The van der Waals surface area contributed by atoms with Gasteiger partial charge >= 0.3 is 5.97 Å². The number of carbonyl (C=O) groups excluding carboxylic acids is 1. The lowest BCUT2D eigenvalue weighted by Gasteiger charge is -2.25. The summed E-state index contributed by atoms with van der Waals surface area (Å²) in [5, 5.41) is 10.8. The first kappa shape index (κ1) is 28.7. The molecule has 1 heterocycles. The van der Waals surface area contributed by atoms with Crippen molar-refractivity contribution in [1.29, 1.82) is 0 Å². The third-order valence-electron chi connectivity index (χ3n) is 6.89. The van der Waals surface area contributed by atoms with Gasteiger partial charge in [0.15, 0.2) is 0 Å². The van der Waals surface area contributed by atoms with Crippen LogP contribution in [0.5, 0.6) is 0 Å². The fourth-order valence-corrected chi connectivity index (χ4v) is 4.60. The molecule has 2 N–H and O–H groups in total. The molecule has 0 unspecified atom stereocenters. The molecule has 1 aromatic carbocycles. The Morgan fingerprint density at radius 3 is 2.17 bits per heavy atom. The van der Waals surface area contributed by atoms with E-state index in [1.54, 1.807) is 7.05 Å². The van der Waals surface area contributed by atoms with Crippen LogP contribution >= 0.6 is 0 Å². The number of aromatic nitrogens is 1. The van der Waals surface area contributed by atoms with Crippen LogP contribution in [0, 0.1) is 0 Å². The van der Waals surface area contributed by atoms with Crippen molar-refractivity contribution in [2.24, 2.45) is 0 Å². The first-order chi connectivity index (χ1) is 17.0. The van der Waals surface area contributed by atoms with Crippen molar-refractivity contribution >= 4 is 22.8 Å². The van der Waals surface area contributed by atoms with Gasteiger partial charge in [-0.2, -0.15) is 0 Å². The zero-order valence-electron chi connectivity index (χ0n) is 21.9. The number of para-hydroxylation sites is 1. The van der Waals surface area contributed by atoms with Crippen molar-refractivity contribution in [3.63, 3.8) is 0 Å². The number of amides is 1. The summed E-state index contributed by atoms with van der Waals surface area (Å²) >= 11 is 0. The van der Waals surface area contributed by atoms with Crippen LogP contribution in [0.15, 0.2) is 42.6 Å². The molecule has 1 aromatic heterocycles. The van der Waals surface area contributed by atoms with Crippen LogP contribution in [0.25, 0.3) is 10.9 Å². The van der Waals surface area contributed by atoms with Gasteiger partial charge in [-0.1, -0.05) is 88.6 Å². The van der Waals surface area contributed by atoms with Gasteiger partial charge in [0.05, 0.1) is 0 Å². The van der Waals surface area contributed by atoms with Crippen LogP contribution in [-0.4, -0.2) is 40.0 Å². The SMILES string of the molecule is CCCCCCCC/C=C\CCCCCCCC(=O)N(C)[C@@H](Cc1c[nH]c2ccccc12)C(=O)O. The van der Waals surface area contributed by atoms with E-state index in [1.165, 1.54) is 62.7 Å². The lowest BCUT2D eigenvalue weighted by molar-refractivity contribution is -0.149. The smallest absolute Gasteiger partial charge is 0.326 e. The van der Waals surface area contributed by atoms with Gasteiger partial charge in [0.2, 0.25) is 5.91 Å². The average molecular weight is 483 g/mol. The number of H-pyrrole nitrogens is 1. The second-order valence-electron chi connectivity index (χ2n) is 9.76. The third kappa shape index (κ3) is 10.7.